The van der Waals surface area contributed by atoms with E-state index in [-0.39, 0.29) is 48.9 Å². The largest absolute Gasteiger partial charge is 0.512 e. The molecule has 0 bridgehead atoms. The maximum absolute atomic E-state index is 11.7. The number of ketones is 1. The van der Waals surface area contributed by atoms with Crippen LogP contribution in [0.1, 0.15) is 102 Å². The van der Waals surface area contributed by atoms with Gasteiger partial charge in [-0.15, -0.1) is 40.5 Å². The molecule has 273 valence electrons. The van der Waals surface area contributed by atoms with Crippen LogP contribution in [0.4, 0.5) is 0 Å². The van der Waals surface area contributed by atoms with Gasteiger partial charge in [-0.05, 0) is 78.0 Å². The molecule has 6 aromatic rings. The molecule has 0 aliphatic heterocycles. The summed E-state index contributed by atoms with van der Waals surface area (Å²) in [7, 11) is 0. The number of aromatic nitrogens is 1. The van der Waals surface area contributed by atoms with Crippen LogP contribution < -0.4 is 0 Å². The minimum atomic E-state index is 0. The molecule has 0 saturated heterocycles. The Balaban J connectivity index is 0.000000280. The molecule has 1 atom stereocenters. The molecule has 3 nitrogen and oxygen atoms in total. The van der Waals surface area contributed by atoms with Crippen molar-refractivity contribution in [1.82, 2.24) is 4.98 Å². The molecule has 2 aromatic heterocycles. The number of pyridine rings is 1. The summed E-state index contributed by atoms with van der Waals surface area (Å²) in [4.78, 5) is 16.7. The van der Waals surface area contributed by atoms with E-state index >= 15 is 0 Å². The normalized spacial score (nSPS) is 14.5. The summed E-state index contributed by atoms with van der Waals surface area (Å²) in [6.45, 7) is 14.9. The molecule has 1 N–H and O–H groups in total. The number of carbonyl (C=O) groups is 1. The Labute approximate surface area is 327 Å². The maximum atomic E-state index is 11.7. The zero-order valence-corrected chi connectivity index (χ0v) is 34.9. The van der Waals surface area contributed by atoms with Gasteiger partial charge in [-0.25, -0.2) is 0 Å². The molecule has 0 amide bonds. The molecule has 7 rings (SSSR count). The second-order valence-electron chi connectivity index (χ2n) is 15.1. The van der Waals surface area contributed by atoms with E-state index < -0.39 is 0 Å². The van der Waals surface area contributed by atoms with Gasteiger partial charge < -0.3 is 5.11 Å². The number of aliphatic hydroxyl groups excluding tert-OH is 1. The summed E-state index contributed by atoms with van der Waals surface area (Å²) >= 11 is 1.92. The van der Waals surface area contributed by atoms with E-state index in [2.05, 4.69) is 106 Å². The number of hydrogen-bond acceptors (Lipinski definition) is 4. The van der Waals surface area contributed by atoms with Gasteiger partial charge in [-0.2, -0.15) is 0 Å². The number of carbonyl (C=O) groups excluding carboxylic acids is 1. The number of aliphatic hydroxyl groups is 1. The molecule has 1 aliphatic carbocycles. The van der Waals surface area contributed by atoms with Crippen molar-refractivity contribution in [2.45, 2.75) is 98.3 Å². The van der Waals surface area contributed by atoms with Crippen LogP contribution in [0.2, 0.25) is 0 Å². The van der Waals surface area contributed by atoms with Crippen molar-refractivity contribution in [3.05, 3.63) is 125 Å². The summed E-state index contributed by atoms with van der Waals surface area (Å²) in [6, 6.07) is 32.6. The van der Waals surface area contributed by atoms with E-state index in [1.807, 2.05) is 45.2 Å². The third-order valence-electron chi connectivity index (χ3n) is 10.9. The van der Waals surface area contributed by atoms with E-state index in [1.165, 1.54) is 53.9 Å². The van der Waals surface area contributed by atoms with E-state index in [4.69, 9.17) is 4.98 Å². The van der Waals surface area contributed by atoms with E-state index in [0.29, 0.717) is 5.92 Å². The fraction of sp³-hybridized carbons (Fsp3) is 0.362. The number of thiophene rings is 1. The number of fused-ring (bicyclic) bond motifs is 6. The van der Waals surface area contributed by atoms with Crippen molar-refractivity contribution < 1.29 is 30.0 Å². The van der Waals surface area contributed by atoms with Crippen molar-refractivity contribution in [1.29, 1.82) is 0 Å². The predicted octanol–water partition coefficient (Wildman–Crippen LogP) is 13.1. The fourth-order valence-corrected chi connectivity index (χ4v) is 9.15. The Kier molecular flexibility index (Phi) is 12.9. The molecular weight excluding hydrogens is 835 g/mol. The Morgan fingerprint density at radius 1 is 0.846 bits per heavy atom. The SMILES string of the molecule is CC(C)(C)c1cc(-c2nccc3c2sc2c4c(ccc23)CC(c2ccccc2)C4)[c-]c2ccccc12.CCC(CC)C(=O)/C=C(\O)C(CC)CC.[Ir]. The zero-order valence-electron chi connectivity index (χ0n) is 31.7. The number of nitrogens with zero attached hydrogens (tertiary/aromatic N) is 1. The number of allylic oxidation sites excluding steroid dienone is 2. The standard InChI is InChI=1S/C34H28NS.C13H24O2.Ir/c1-34(2,3)30-20-25(18-22-11-7-8-12-26(22)30)31-33-28(15-16-35-31)27-14-13-23-17-24(19-29(23)32(27)36-33)21-9-5-4-6-10-21;1-5-10(6-2)12(14)9-13(15)11(7-3)8-4;/h4-16,20,24H,17,19H2,1-3H3;9-11,14H,5-8H2,1-4H3;/q-1;;/b;12-9-;. The van der Waals surface area contributed by atoms with Crippen LogP contribution in [0, 0.1) is 17.9 Å². The van der Waals surface area contributed by atoms with Gasteiger partial charge >= 0.3 is 0 Å². The Morgan fingerprint density at radius 3 is 2.17 bits per heavy atom. The first-order chi connectivity index (χ1) is 24.6. The fourth-order valence-electron chi connectivity index (χ4n) is 7.77. The van der Waals surface area contributed by atoms with Gasteiger partial charge in [0.25, 0.3) is 0 Å². The Morgan fingerprint density at radius 2 is 1.50 bits per heavy atom. The average Bonchev–Trinajstić information content (AvgIpc) is 3.75. The third-order valence-corrected chi connectivity index (χ3v) is 12.2. The molecular formula is C47H52IrNO2S-. The molecule has 5 heteroatoms. The van der Waals surface area contributed by atoms with Crippen LogP contribution in [0.15, 0.2) is 96.9 Å². The van der Waals surface area contributed by atoms with Crippen molar-refractivity contribution >= 4 is 48.1 Å². The van der Waals surface area contributed by atoms with Crippen LogP contribution in [0.5, 0.6) is 0 Å². The van der Waals surface area contributed by atoms with Gasteiger partial charge in [0.05, 0.1) is 5.76 Å². The van der Waals surface area contributed by atoms with Gasteiger partial charge in [0.1, 0.15) is 0 Å². The van der Waals surface area contributed by atoms with Crippen molar-refractivity contribution in [2.24, 2.45) is 11.8 Å². The Hall–Kier alpha value is -3.63. The van der Waals surface area contributed by atoms with Gasteiger partial charge in [-0.3, -0.25) is 9.78 Å². The van der Waals surface area contributed by atoms with Crippen LogP contribution >= 0.6 is 11.3 Å². The number of rotatable bonds is 9. The minimum Gasteiger partial charge on any atom is -0.512 e. The molecule has 1 aliphatic rings. The van der Waals surface area contributed by atoms with Crippen LogP contribution in [0.3, 0.4) is 0 Å². The topological polar surface area (TPSA) is 50.2 Å². The summed E-state index contributed by atoms with van der Waals surface area (Å²) in [6.07, 6.45) is 9.12. The van der Waals surface area contributed by atoms with Gasteiger partial charge in [0.2, 0.25) is 0 Å². The molecule has 1 unspecified atom stereocenters. The second kappa shape index (κ2) is 17.0. The minimum absolute atomic E-state index is 0. The smallest absolute Gasteiger partial charge is 0.162 e. The number of benzene rings is 4. The first-order valence-electron chi connectivity index (χ1n) is 18.8. The summed E-state index contributed by atoms with van der Waals surface area (Å²) in [5.74, 6) is 1.11. The van der Waals surface area contributed by atoms with E-state index in [1.54, 1.807) is 0 Å². The van der Waals surface area contributed by atoms with E-state index in [9.17, 15) is 9.90 Å². The second-order valence-corrected chi connectivity index (χ2v) is 16.1. The van der Waals surface area contributed by atoms with Crippen LogP contribution in [0.25, 0.3) is 42.2 Å². The summed E-state index contributed by atoms with van der Waals surface area (Å²) < 4.78 is 2.71. The van der Waals surface area contributed by atoms with Gasteiger partial charge in [0, 0.05) is 64.7 Å². The molecule has 0 saturated carbocycles. The van der Waals surface area contributed by atoms with E-state index in [0.717, 1.165) is 55.2 Å². The average molecular weight is 887 g/mol. The first kappa shape index (κ1) is 39.6. The third kappa shape index (κ3) is 8.13. The van der Waals surface area contributed by atoms with Crippen LogP contribution in [-0.4, -0.2) is 15.9 Å². The van der Waals surface area contributed by atoms with Gasteiger partial charge in [0.15, 0.2) is 5.78 Å². The number of hydrogen-bond donors (Lipinski definition) is 1. The zero-order chi connectivity index (χ0) is 36.3. The molecule has 52 heavy (non-hydrogen) atoms. The monoisotopic (exact) mass is 887 g/mol. The predicted molar refractivity (Wildman–Crippen MR) is 218 cm³/mol. The quantitative estimate of drug-likeness (QED) is 0.0894. The molecule has 0 spiro atoms. The van der Waals surface area contributed by atoms with Gasteiger partial charge in [-0.1, -0.05) is 120 Å². The summed E-state index contributed by atoms with van der Waals surface area (Å²) in [5.41, 5.74) is 8.01. The first-order valence-corrected chi connectivity index (χ1v) is 19.7. The molecule has 4 aromatic carbocycles. The molecule has 1 radical (unpaired) electrons. The maximum Gasteiger partial charge on any atom is 0.162 e. The summed E-state index contributed by atoms with van der Waals surface area (Å²) in [5, 5.41) is 14.9. The van der Waals surface area contributed by atoms with Crippen molar-refractivity contribution in [2.75, 3.05) is 0 Å². The van der Waals surface area contributed by atoms with Crippen molar-refractivity contribution in [3.8, 4) is 11.3 Å². The molecule has 0 fully saturated rings. The molecule has 2 heterocycles. The van der Waals surface area contributed by atoms with Crippen molar-refractivity contribution in [3.63, 3.8) is 0 Å². The van der Waals surface area contributed by atoms with Crippen LogP contribution in [-0.2, 0) is 43.2 Å². The Bertz CT molecular complexity index is 2190.